The van der Waals surface area contributed by atoms with Gasteiger partial charge in [-0.25, -0.2) is 9.37 Å². The molecule has 4 nitrogen and oxygen atoms in total. The van der Waals surface area contributed by atoms with Crippen LogP contribution in [0.25, 0.3) is 16.3 Å². The van der Waals surface area contributed by atoms with Crippen molar-refractivity contribution < 1.29 is 4.39 Å². The standard InChI is InChI=1S/C17H11FN4S2/c18-12-3-5-13(6-4-12)22-14(15-2-1-10-23-15)7-8-16(22)20-21-17-19-9-11-24-17/h1-11H/b21-20+. The molecular weight excluding hydrogens is 343 g/mol. The number of halogens is 1. The van der Waals surface area contributed by atoms with Crippen molar-refractivity contribution in [2.24, 2.45) is 10.2 Å². The van der Waals surface area contributed by atoms with Gasteiger partial charge in [0.05, 0.1) is 10.6 Å². The topological polar surface area (TPSA) is 42.5 Å². The van der Waals surface area contributed by atoms with Gasteiger partial charge in [-0.05, 0) is 47.8 Å². The molecule has 7 heteroatoms. The van der Waals surface area contributed by atoms with Gasteiger partial charge in [0.25, 0.3) is 0 Å². The SMILES string of the molecule is Fc1ccc(-n2c(/N=N/c3nccs3)ccc2-c2cccs2)cc1. The van der Waals surface area contributed by atoms with Gasteiger partial charge < -0.3 is 0 Å². The van der Waals surface area contributed by atoms with Crippen molar-refractivity contribution in [3.05, 3.63) is 71.3 Å². The average Bonchev–Trinajstić information content (AvgIpc) is 3.34. The van der Waals surface area contributed by atoms with Crippen LogP contribution in [0, 0.1) is 5.82 Å². The fourth-order valence-corrected chi connectivity index (χ4v) is 3.54. The van der Waals surface area contributed by atoms with E-state index in [0.29, 0.717) is 10.9 Å². The molecule has 0 aliphatic rings. The average molecular weight is 354 g/mol. The van der Waals surface area contributed by atoms with Gasteiger partial charge in [-0.15, -0.1) is 32.9 Å². The Kier molecular flexibility index (Phi) is 4.02. The first-order valence-electron chi connectivity index (χ1n) is 7.14. The summed E-state index contributed by atoms with van der Waals surface area (Å²) < 4.78 is 15.2. The second-order valence-corrected chi connectivity index (χ2v) is 6.70. The highest BCUT2D eigenvalue weighted by Crippen LogP contribution is 2.34. The Labute approximate surface area is 145 Å². The van der Waals surface area contributed by atoms with E-state index in [0.717, 1.165) is 16.3 Å². The maximum atomic E-state index is 13.3. The zero-order valence-corrected chi connectivity index (χ0v) is 14.0. The molecule has 0 saturated heterocycles. The van der Waals surface area contributed by atoms with Gasteiger partial charge in [0.2, 0.25) is 5.13 Å². The van der Waals surface area contributed by atoms with Crippen molar-refractivity contribution >= 4 is 33.6 Å². The summed E-state index contributed by atoms with van der Waals surface area (Å²) in [5, 5.41) is 13.0. The minimum Gasteiger partial charge on any atom is -0.292 e. The Bertz CT molecular complexity index is 955. The van der Waals surface area contributed by atoms with E-state index >= 15 is 0 Å². The molecule has 0 bridgehead atoms. The van der Waals surface area contributed by atoms with Gasteiger partial charge in [-0.2, -0.15) is 0 Å². The van der Waals surface area contributed by atoms with Gasteiger partial charge >= 0.3 is 0 Å². The third-order valence-corrected chi connectivity index (χ3v) is 4.92. The highest BCUT2D eigenvalue weighted by Gasteiger charge is 2.13. The molecule has 0 amide bonds. The summed E-state index contributed by atoms with van der Waals surface area (Å²) in [7, 11) is 0. The van der Waals surface area contributed by atoms with Crippen molar-refractivity contribution in [3.63, 3.8) is 0 Å². The molecule has 24 heavy (non-hydrogen) atoms. The van der Waals surface area contributed by atoms with Crippen LogP contribution in [0.5, 0.6) is 0 Å². The van der Waals surface area contributed by atoms with Gasteiger partial charge in [0.15, 0.2) is 5.82 Å². The normalized spacial score (nSPS) is 11.4. The number of benzene rings is 1. The van der Waals surface area contributed by atoms with Crippen molar-refractivity contribution in [2.45, 2.75) is 0 Å². The van der Waals surface area contributed by atoms with E-state index in [-0.39, 0.29) is 5.82 Å². The molecule has 3 heterocycles. The number of thiophene rings is 1. The fraction of sp³-hybridized carbons (Fsp3) is 0. The number of rotatable bonds is 4. The summed E-state index contributed by atoms with van der Waals surface area (Å²) in [6.07, 6.45) is 1.69. The van der Waals surface area contributed by atoms with Gasteiger partial charge in [-0.1, -0.05) is 6.07 Å². The molecule has 4 rings (SSSR count). The first-order valence-corrected chi connectivity index (χ1v) is 8.90. The number of hydrogen-bond acceptors (Lipinski definition) is 5. The first kappa shape index (κ1) is 14.9. The molecule has 4 aromatic rings. The van der Waals surface area contributed by atoms with Crippen LogP contribution in [0.2, 0.25) is 0 Å². The lowest BCUT2D eigenvalue weighted by Crippen LogP contribution is -1.95. The molecular formula is C17H11FN4S2. The molecule has 3 aromatic heterocycles. The smallest absolute Gasteiger partial charge is 0.229 e. The zero-order chi connectivity index (χ0) is 16.4. The van der Waals surface area contributed by atoms with Crippen LogP contribution >= 0.6 is 22.7 Å². The third kappa shape index (κ3) is 2.91. The Morgan fingerprint density at radius 2 is 1.79 bits per heavy atom. The molecule has 0 aliphatic carbocycles. The lowest BCUT2D eigenvalue weighted by atomic mass is 10.3. The largest absolute Gasteiger partial charge is 0.292 e. The maximum absolute atomic E-state index is 13.3. The molecule has 0 saturated carbocycles. The summed E-state index contributed by atoms with van der Waals surface area (Å²) in [4.78, 5) is 5.21. The minimum absolute atomic E-state index is 0.269. The van der Waals surface area contributed by atoms with Crippen molar-refractivity contribution in [2.75, 3.05) is 0 Å². The van der Waals surface area contributed by atoms with Crippen LogP contribution in [-0.2, 0) is 0 Å². The van der Waals surface area contributed by atoms with Crippen LogP contribution in [0.1, 0.15) is 0 Å². The van der Waals surface area contributed by atoms with Crippen molar-refractivity contribution in [1.82, 2.24) is 9.55 Å². The van der Waals surface area contributed by atoms with Gasteiger partial charge in [0, 0.05) is 17.3 Å². The van der Waals surface area contributed by atoms with Gasteiger partial charge in [-0.3, -0.25) is 4.57 Å². The molecule has 0 spiro atoms. The number of thiazole rings is 1. The lowest BCUT2D eigenvalue weighted by Gasteiger charge is -2.10. The summed E-state index contributed by atoms with van der Waals surface area (Å²) in [6.45, 7) is 0. The van der Waals surface area contributed by atoms with E-state index in [1.807, 2.05) is 39.6 Å². The molecule has 1 aromatic carbocycles. The summed E-state index contributed by atoms with van der Waals surface area (Å²) in [5.41, 5.74) is 1.82. The van der Waals surface area contributed by atoms with E-state index in [1.165, 1.54) is 23.5 Å². The van der Waals surface area contributed by atoms with E-state index in [4.69, 9.17) is 0 Å². The quantitative estimate of drug-likeness (QED) is 0.401. The second kappa shape index (κ2) is 6.46. The summed E-state index contributed by atoms with van der Waals surface area (Å²) >= 11 is 3.06. The predicted octanol–water partition coefficient (Wildman–Crippen LogP) is 6.22. The van der Waals surface area contributed by atoms with Crippen LogP contribution < -0.4 is 0 Å². The minimum atomic E-state index is -0.269. The molecule has 0 atom stereocenters. The second-order valence-electron chi connectivity index (χ2n) is 4.88. The van der Waals surface area contributed by atoms with Crippen LogP contribution in [0.4, 0.5) is 15.3 Å². The van der Waals surface area contributed by atoms with Crippen molar-refractivity contribution in [3.8, 4) is 16.3 Å². The Balaban J connectivity index is 1.83. The number of nitrogens with zero attached hydrogens (tertiary/aromatic N) is 4. The van der Waals surface area contributed by atoms with Crippen LogP contribution in [-0.4, -0.2) is 9.55 Å². The Morgan fingerprint density at radius 3 is 2.50 bits per heavy atom. The van der Waals surface area contributed by atoms with E-state index < -0.39 is 0 Å². The highest BCUT2D eigenvalue weighted by atomic mass is 32.1. The Morgan fingerprint density at radius 1 is 0.917 bits per heavy atom. The lowest BCUT2D eigenvalue weighted by molar-refractivity contribution is 0.627. The monoisotopic (exact) mass is 354 g/mol. The van der Waals surface area contributed by atoms with E-state index in [9.17, 15) is 4.39 Å². The predicted molar refractivity (Wildman–Crippen MR) is 95.3 cm³/mol. The third-order valence-electron chi connectivity index (χ3n) is 3.38. The molecule has 118 valence electrons. The zero-order valence-electron chi connectivity index (χ0n) is 12.3. The highest BCUT2D eigenvalue weighted by molar-refractivity contribution is 7.13. The molecule has 0 N–H and O–H groups in total. The molecule has 0 aliphatic heterocycles. The number of azo groups is 1. The summed E-state index contributed by atoms with van der Waals surface area (Å²) in [5.74, 6) is 0.398. The molecule has 0 unspecified atom stereocenters. The number of hydrogen-bond donors (Lipinski definition) is 0. The van der Waals surface area contributed by atoms with Crippen LogP contribution in [0.15, 0.2) is 75.7 Å². The molecule has 0 fully saturated rings. The van der Waals surface area contributed by atoms with E-state index in [1.54, 1.807) is 29.7 Å². The Hall–Kier alpha value is -2.64. The maximum Gasteiger partial charge on any atom is 0.229 e. The fourth-order valence-electron chi connectivity index (χ4n) is 2.34. The molecule has 0 radical (unpaired) electrons. The van der Waals surface area contributed by atoms with Gasteiger partial charge in [0.1, 0.15) is 5.82 Å². The number of aromatic nitrogens is 2. The van der Waals surface area contributed by atoms with Crippen molar-refractivity contribution in [1.29, 1.82) is 0 Å². The van der Waals surface area contributed by atoms with E-state index in [2.05, 4.69) is 15.2 Å². The first-order chi connectivity index (χ1) is 11.8. The summed E-state index contributed by atoms with van der Waals surface area (Å²) in [6, 6.07) is 14.3. The van der Waals surface area contributed by atoms with Crippen LogP contribution in [0.3, 0.4) is 0 Å².